The smallest absolute Gasteiger partial charge is 0.239 e. The molecule has 0 radical (unpaired) electrons. The van der Waals surface area contributed by atoms with Gasteiger partial charge in [0, 0.05) is 30.8 Å². The van der Waals surface area contributed by atoms with Crippen molar-refractivity contribution in [1.82, 2.24) is 4.90 Å². The van der Waals surface area contributed by atoms with Crippen LogP contribution in [0.1, 0.15) is 17.5 Å². The molecule has 1 atom stereocenters. The van der Waals surface area contributed by atoms with Crippen molar-refractivity contribution in [2.75, 3.05) is 25.0 Å². The fourth-order valence-corrected chi connectivity index (χ4v) is 4.25. The van der Waals surface area contributed by atoms with Crippen molar-refractivity contribution < 1.29 is 9.59 Å². The molecule has 1 spiro atoms. The van der Waals surface area contributed by atoms with Gasteiger partial charge in [-0.1, -0.05) is 48.0 Å². The molecule has 2 heterocycles. The Morgan fingerprint density at radius 3 is 2.68 bits per heavy atom. The SMILES string of the molecule is CN1C(=O)[C@@]2(CCN(C(=O)Cc3ccccc3Cl)C2)c2ccccc21. The van der Waals surface area contributed by atoms with Crippen LogP contribution in [0.2, 0.25) is 5.02 Å². The van der Waals surface area contributed by atoms with Gasteiger partial charge < -0.3 is 9.80 Å². The van der Waals surface area contributed by atoms with Gasteiger partial charge in [-0.25, -0.2) is 0 Å². The lowest BCUT2D eigenvalue weighted by Crippen LogP contribution is -2.42. The van der Waals surface area contributed by atoms with E-state index in [2.05, 4.69) is 0 Å². The second-order valence-corrected chi connectivity index (χ2v) is 7.20. The van der Waals surface area contributed by atoms with Crippen LogP contribution < -0.4 is 4.90 Å². The average Bonchev–Trinajstić information content (AvgIpc) is 3.16. The Labute approximate surface area is 152 Å². The van der Waals surface area contributed by atoms with E-state index < -0.39 is 5.41 Å². The molecule has 0 aromatic heterocycles. The monoisotopic (exact) mass is 354 g/mol. The Morgan fingerprint density at radius 1 is 1.16 bits per heavy atom. The van der Waals surface area contributed by atoms with Crippen molar-refractivity contribution in [2.45, 2.75) is 18.3 Å². The van der Waals surface area contributed by atoms with E-state index in [1.807, 2.05) is 49.5 Å². The van der Waals surface area contributed by atoms with E-state index in [0.717, 1.165) is 16.8 Å². The first-order valence-corrected chi connectivity index (χ1v) is 8.79. The number of nitrogens with zero attached hydrogens (tertiary/aromatic N) is 2. The van der Waals surface area contributed by atoms with Crippen LogP contribution in [0.25, 0.3) is 0 Å². The van der Waals surface area contributed by atoms with E-state index in [-0.39, 0.29) is 18.2 Å². The van der Waals surface area contributed by atoms with Crippen molar-refractivity contribution >= 4 is 29.1 Å². The molecule has 0 saturated carbocycles. The van der Waals surface area contributed by atoms with Crippen LogP contribution in [0.5, 0.6) is 0 Å². The minimum atomic E-state index is -0.596. The number of carbonyl (C=O) groups excluding carboxylic acids is 2. The van der Waals surface area contributed by atoms with Gasteiger partial charge in [-0.05, 0) is 29.7 Å². The van der Waals surface area contributed by atoms with Crippen LogP contribution >= 0.6 is 11.6 Å². The molecule has 2 amide bonds. The summed E-state index contributed by atoms with van der Waals surface area (Å²) in [7, 11) is 1.81. The van der Waals surface area contributed by atoms with Gasteiger partial charge in [-0.2, -0.15) is 0 Å². The van der Waals surface area contributed by atoms with Gasteiger partial charge in [-0.15, -0.1) is 0 Å². The highest BCUT2D eigenvalue weighted by atomic mass is 35.5. The van der Waals surface area contributed by atoms with Gasteiger partial charge in [0.25, 0.3) is 0 Å². The topological polar surface area (TPSA) is 40.6 Å². The maximum absolute atomic E-state index is 12.9. The van der Waals surface area contributed by atoms with Gasteiger partial charge in [0.15, 0.2) is 0 Å². The molecule has 2 aromatic carbocycles. The third-order valence-corrected chi connectivity index (χ3v) is 5.79. The minimum Gasteiger partial charge on any atom is -0.341 e. The Hall–Kier alpha value is -2.33. The average molecular weight is 355 g/mol. The molecule has 0 bridgehead atoms. The lowest BCUT2D eigenvalue weighted by molar-refractivity contribution is -0.130. The summed E-state index contributed by atoms with van der Waals surface area (Å²) < 4.78 is 0. The number of amides is 2. The van der Waals surface area contributed by atoms with E-state index in [1.54, 1.807) is 15.9 Å². The fourth-order valence-electron chi connectivity index (χ4n) is 4.05. The van der Waals surface area contributed by atoms with Crippen LogP contribution in [0.15, 0.2) is 48.5 Å². The van der Waals surface area contributed by atoms with Crippen molar-refractivity contribution in [2.24, 2.45) is 0 Å². The molecular formula is C20H19ClN2O2. The van der Waals surface area contributed by atoms with E-state index in [1.165, 1.54) is 0 Å². The lowest BCUT2D eigenvalue weighted by atomic mass is 9.81. The highest BCUT2D eigenvalue weighted by Crippen LogP contribution is 2.46. The molecule has 2 aliphatic rings. The molecule has 128 valence electrons. The van der Waals surface area contributed by atoms with Crippen molar-refractivity contribution in [3.8, 4) is 0 Å². The summed E-state index contributed by atoms with van der Waals surface area (Å²) in [6.45, 7) is 1.04. The first-order valence-electron chi connectivity index (χ1n) is 8.42. The number of carbonyl (C=O) groups is 2. The molecule has 1 saturated heterocycles. The zero-order chi connectivity index (χ0) is 17.6. The summed E-state index contributed by atoms with van der Waals surface area (Å²) >= 11 is 6.17. The van der Waals surface area contributed by atoms with Crippen LogP contribution in [-0.2, 0) is 21.4 Å². The highest BCUT2D eigenvalue weighted by Gasteiger charge is 2.54. The van der Waals surface area contributed by atoms with E-state index in [9.17, 15) is 9.59 Å². The standard InChI is InChI=1S/C20H19ClN2O2/c1-22-17-9-5-3-7-15(17)20(19(22)25)10-11-23(13-20)18(24)12-14-6-2-4-8-16(14)21/h2-9H,10-13H2,1H3/t20-/m1/s1. The summed E-state index contributed by atoms with van der Waals surface area (Å²) in [5.74, 6) is 0.103. The molecule has 2 aromatic rings. The normalized spacial score (nSPS) is 21.9. The first kappa shape index (κ1) is 16.2. The maximum Gasteiger partial charge on any atom is 0.239 e. The zero-order valence-corrected chi connectivity index (χ0v) is 14.8. The van der Waals surface area contributed by atoms with E-state index >= 15 is 0 Å². The molecule has 4 nitrogen and oxygen atoms in total. The second kappa shape index (κ2) is 5.88. The number of benzene rings is 2. The van der Waals surface area contributed by atoms with Gasteiger partial charge in [0.2, 0.25) is 11.8 Å². The van der Waals surface area contributed by atoms with Crippen LogP contribution in [0, 0.1) is 0 Å². The molecule has 0 N–H and O–H groups in total. The first-order chi connectivity index (χ1) is 12.0. The van der Waals surface area contributed by atoms with Gasteiger partial charge in [-0.3, -0.25) is 9.59 Å². The largest absolute Gasteiger partial charge is 0.341 e. The summed E-state index contributed by atoms with van der Waals surface area (Å²) in [6, 6.07) is 15.3. The Balaban J connectivity index is 1.58. The third-order valence-electron chi connectivity index (χ3n) is 5.42. The number of anilines is 1. The molecule has 4 rings (SSSR count). The predicted octanol–water partition coefficient (Wildman–Crippen LogP) is 3.03. The number of hydrogen-bond acceptors (Lipinski definition) is 2. The number of fused-ring (bicyclic) bond motifs is 2. The van der Waals surface area contributed by atoms with Crippen molar-refractivity contribution in [1.29, 1.82) is 0 Å². The van der Waals surface area contributed by atoms with Gasteiger partial charge in [0.05, 0.1) is 11.8 Å². The van der Waals surface area contributed by atoms with Gasteiger partial charge >= 0.3 is 0 Å². The molecule has 1 fully saturated rings. The van der Waals surface area contributed by atoms with Crippen molar-refractivity contribution in [3.63, 3.8) is 0 Å². The number of halogens is 1. The van der Waals surface area contributed by atoms with Crippen LogP contribution in [0.3, 0.4) is 0 Å². The number of likely N-dealkylation sites (tertiary alicyclic amines) is 1. The second-order valence-electron chi connectivity index (χ2n) is 6.80. The molecule has 5 heteroatoms. The predicted molar refractivity (Wildman–Crippen MR) is 97.9 cm³/mol. The molecule has 0 unspecified atom stereocenters. The molecule has 2 aliphatic heterocycles. The van der Waals surface area contributed by atoms with Crippen LogP contribution in [0.4, 0.5) is 5.69 Å². The van der Waals surface area contributed by atoms with E-state index in [0.29, 0.717) is 24.5 Å². The van der Waals surface area contributed by atoms with Crippen LogP contribution in [-0.4, -0.2) is 36.9 Å². The summed E-state index contributed by atoms with van der Waals surface area (Å²) in [4.78, 5) is 29.2. The summed E-state index contributed by atoms with van der Waals surface area (Å²) in [6.07, 6.45) is 0.933. The number of para-hydroxylation sites is 1. The number of rotatable bonds is 2. The summed E-state index contributed by atoms with van der Waals surface area (Å²) in [5, 5.41) is 0.604. The number of likely N-dealkylation sites (N-methyl/N-ethyl adjacent to an activating group) is 1. The lowest BCUT2D eigenvalue weighted by Gasteiger charge is -2.23. The quantitative estimate of drug-likeness (QED) is 0.831. The Kier molecular flexibility index (Phi) is 3.80. The highest BCUT2D eigenvalue weighted by molar-refractivity contribution is 6.31. The van der Waals surface area contributed by atoms with Gasteiger partial charge in [0.1, 0.15) is 0 Å². The molecule has 0 aliphatic carbocycles. The fraction of sp³-hybridized carbons (Fsp3) is 0.300. The molecule has 25 heavy (non-hydrogen) atoms. The zero-order valence-electron chi connectivity index (χ0n) is 14.0. The molecular weight excluding hydrogens is 336 g/mol. The van der Waals surface area contributed by atoms with Crippen molar-refractivity contribution in [3.05, 3.63) is 64.7 Å². The van der Waals surface area contributed by atoms with E-state index in [4.69, 9.17) is 11.6 Å². The Bertz CT molecular complexity index is 866. The maximum atomic E-state index is 12.9. The minimum absolute atomic E-state index is 0.0183. The number of hydrogen-bond donors (Lipinski definition) is 0. The Morgan fingerprint density at radius 2 is 1.88 bits per heavy atom. The summed E-state index contributed by atoms with van der Waals surface area (Å²) in [5.41, 5.74) is 2.22. The third kappa shape index (κ3) is 2.44.